The summed E-state index contributed by atoms with van der Waals surface area (Å²) >= 11 is 3.31. The van der Waals surface area contributed by atoms with Crippen molar-refractivity contribution in [2.75, 3.05) is 6.61 Å². The molecule has 3 atom stereocenters. The number of ether oxygens (including phenoxy) is 2. The van der Waals surface area contributed by atoms with E-state index in [1.165, 1.54) is 6.92 Å². The number of ketones is 1. The van der Waals surface area contributed by atoms with Crippen molar-refractivity contribution >= 4 is 27.7 Å². The molecular formula is C17H23BrO5. The van der Waals surface area contributed by atoms with Crippen LogP contribution >= 0.6 is 15.9 Å². The molecule has 1 aliphatic carbocycles. The molecule has 1 spiro atoms. The standard InChI is InChI=1S/C17H23BrO5/c1-10-8-17(9-13(18)15(10)20)12(5-6-22-11(2)19)7-14(23-17)16(3,4)21/h8-9,12,14,21H,5-7H2,1-4H3/t12-,14?,17?/m0/s1. The normalized spacial score (nSPS) is 31.1. The second-order valence-electron chi connectivity index (χ2n) is 6.82. The molecule has 0 amide bonds. The van der Waals surface area contributed by atoms with Crippen LogP contribution in [0.25, 0.3) is 0 Å². The first kappa shape index (κ1) is 18.4. The molecule has 1 heterocycles. The van der Waals surface area contributed by atoms with Crippen molar-refractivity contribution in [3.63, 3.8) is 0 Å². The monoisotopic (exact) mass is 386 g/mol. The Hall–Kier alpha value is -0.980. The van der Waals surface area contributed by atoms with Crippen LogP contribution in [0.15, 0.2) is 22.2 Å². The number of hydrogen-bond donors (Lipinski definition) is 1. The second-order valence-corrected chi connectivity index (χ2v) is 7.68. The molecule has 1 N–H and O–H groups in total. The van der Waals surface area contributed by atoms with Crippen LogP contribution in [0.3, 0.4) is 0 Å². The molecule has 5 nitrogen and oxygen atoms in total. The Morgan fingerprint density at radius 1 is 1.52 bits per heavy atom. The maximum absolute atomic E-state index is 12.0. The number of aliphatic hydroxyl groups is 1. The van der Waals surface area contributed by atoms with Gasteiger partial charge in [-0.3, -0.25) is 9.59 Å². The molecule has 0 radical (unpaired) electrons. The van der Waals surface area contributed by atoms with Crippen molar-refractivity contribution in [3.05, 3.63) is 22.2 Å². The summed E-state index contributed by atoms with van der Waals surface area (Å²) in [5.74, 6) is -0.377. The summed E-state index contributed by atoms with van der Waals surface area (Å²) in [6.07, 6.45) is 4.45. The summed E-state index contributed by atoms with van der Waals surface area (Å²) in [4.78, 5) is 23.0. The third-order valence-corrected chi connectivity index (χ3v) is 5.00. The summed E-state index contributed by atoms with van der Waals surface area (Å²) in [7, 11) is 0. The lowest BCUT2D eigenvalue weighted by molar-refractivity contribution is -0.141. The van der Waals surface area contributed by atoms with E-state index in [9.17, 15) is 14.7 Å². The van der Waals surface area contributed by atoms with E-state index in [1.807, 2.05) is 6.08 Å². The van der Waals surface area contributed by atoms with Crippen molar-refractivity contribution < 1.29 is 24.2 Å². The molecule has 128 valence electrons. The molecule has 0 aromatic rings. The highest BCUT2D eigenvalue weighted by molar-refractivity contribution is 9.12. The fourth-order valence-electron chi connectivity index (χ4n) is 3.16. The van der Waals surface area contributed by atoms with Crippen LogP contribution in [0.1, 0.15) is 40.5 Å². The topological polar surface area (TPSA) is 72.8 Å². The third kappa shape index (κ3) is 3.92. The van der Waals surface area contributed by atoms with Crippen LogP contribution in [0.4, 0.5) is 0 Å². The van der Waals surface area contributed by atoms with E-state index >= 15 is 0 Å². The van der Waals surface area contributed by atoms with Gasteiger partial charge in [-0.1, -0.05) is 0 Å². The van der Waals surface area contributed by atoms with Gasteiger partial charge in [-0.05, 0) is 67.3 Å². The van der Waals surface area contributed by atoms with E-state index in [4.69, 9.17) is 9.47 Å². The van der Waals surface area contributed by atoms with E-state index in [0.717, 1.165) is 0 Å². The Labute approximate surface area is 144 Å². The summed E-state index contributed by atoms with van der Waals surface area (Å²) in [5.41, 5.74) is -1.15. The van der Waals surface area contributed by atoms with E-state index in [2.05, 4.69) is 15.9 Å². The lowest BCUT2D eigenvalue weighted by atomic mass is 9.79. The largest absolute Gasteiger partial charge is 0.466 e. The highest BCUT2D eigenvalue weighted by Gasteiger charge is 2.51. The molecule has 6 heteroatoms. The third-order valence-electron chi connectivity index (χ3n) is 4.41. The Balaban J connectivity index is 2.29. The predicted molar refractivity (Wildman–Crippen MR) is 89.0 cm³/mol. The van der Waals surface area contributed by atoms with Gasteiger partial charge in [0.15, 0.2) is 5.78 Å². The second kappa shape index (κ2) is 6.49. The first-order valence-corrected chi connectivity index (χ1v) is 8.50. The molecule has 2 rings (SSSR count). The number of esters is 1. The minimum atomic E-state index is -0.993. The van der Waals surface area contributed by atoms with Gasteiger partial charge >= 0.3 is 5.97 Å². The van der Waals surface area contributed by atoms with Crippen LogP contribution in [0, 0.1) is 5.92 Å². The molecule has 1 aliphatic heterocycles. The Bertz CT molecular complexity index is 548. The van der Waals surface area contributed by atoms with Crippen LogP contribution in [-0.2, 0) is 19.1 Å². The Morgan fingerprint density at radius 3 is 2.70 bits per heavy atom. The molecule has 0 aromatic carbocycles. The number of rotatable bonds is 4. The van der Waals surface area contributed by atoms with Gasteiger partial charge in [0.2, 0.25) is 0 Å². The van der Waals surface area contributed by atoms with Crippen LogP contribution < -0.4 is 0 Å². The van der Waals surface area contributed by atoms with Gasteiger partial charge in [0.1, 0.15) is 5.60 Å². The van der Waals surface area contributed by atoms with Crippen molar-refractivity contribution in [3.8, 4) is 0 Å². The highest BCUT2D eigenvalue weighted by Crippen LogP contribution is 2.47. The average Bonchev–Trinajstić information content (AvgIpc) is 2.74. The molecule has 0 saturated carbocycles. The van der Waals surface area contributed by atoms with Crippen LogP contribution in [-0.4, -0.2) is 40.8 Å². The number of hydrogen-bond acceptors (Lipinski definition) is 5. The van der Waals surface area contributed by atoms with Crippen molar-refractivity contribution in [2.24, 2.45) is 5.92 Å². The lowest BCUT2D eigenvalue weighted by Crippen LogP contribution is -2.40. The summed E-state index contributed by atoms with van der Waals surface area (Å²) < 4.78 is 11.7. The van der Waals surface area contributed by atoms with Crippen LogP contribution in [0.5, 0.6) is 0 Å². The van der Waals surface area contributed by atoms with Crippen LogP contribution in [0.2, 0.25) is 0 Å². The molecule has 1 fully saturated rings. The quantitative estimate of drug-likeness (QED) is 0.751. The zero-order chi connectivity index (χ0) is 17.4. The molecular weight excluding hydrogens is 364 g/mol. The molecule has 2 aliphatic rings. The number of carbonyl (C=O) groups is 2. The number of Topliss-reactive ketones (excluding diaryl/α,β-unsaturated/α-hetero) is 1. The molecule has 2 unspecified atom stereocenters. The molecule has 23 heavy (non-hydrogen) atoms. The maximum Gasteiger partial charge on any atom is 0.302 e. The van der Waals surface area contributed by atoms with E-state index in [-0.39, 0.29) is 30.4 Å². The predicted octanol–water partition coefficient (Wildman–Crippen LogP) is 2.66. The Kier molecular flexibility index (Phi) is 5.18. The van der Waals surface area contributed by atoms with Gasteiger partial charge in [-0.25, -0.2) is 0 Å². The van der Waals surface area contributed by atoms with Gasteiger partial charge in [0, 0.05) is 12.8 Å². The zero-order valence-corrected chi connectivity index (χ0v) is 15.5. The molecule has 0 bridgehead atoms. The smallest absolute Gasteiger partial charge is 0.302 e. The minimum absolute atomic E-state index is 0.00822. The van der Waals surface area contributed by atoms with Gasteiger partial charge in [0.25, 0.3) is 0 Å². The maximum atomic E-state index is 12.0. The number of carbonyl (C=O) groups excluding carboxylic acids is 2. The van der Waals surface area contributed by atoms with E-state index < -0.39 is 11.2 Å². The fourth-order valence-corrected chi connectivity index (χ4v) is 3.83. The van der Waals surface area contributed by atoms with Gasteiger partial charge in [-0.2, -0.15) is 0 Å². The van der Waals surface area contributed by atoms with E-state index in [0.29, 0.717) is 22.9 Å². The van der Waals surface area contributed by atoms with Crippen molar-refractivity contribution in [1.29, 1.82) is 0 Å². The number of allylic oxidation sites excluding steroid dienone is 2. The fraction of sp³-hybridized carbons (Fsp3) is 0.647. The van der Waals surface area contributed by atoms with Gasteiger partial charge < -0.3 is 14.6 Å². The van der Waals surface area contributed by atoms with E-state index in [1.54, 1.807) is 26.8 Å². The van der Waals surface area contributed by atoms with Gasteiger partial charge in [-0.15, -0.1) is 0 Å². The lowest BCUT2D eigenvalue weighted by Gasteiger charge is -2.33. The SMILES string of the molecule is CC(=O)OCC[C@H]1CC(C(C)(C)O)OC12C=C(C)C(=O)C(Br)=C2. The summed E-state index contributed by atoms with van der Waals surface area (Å²) in [6.45, 7) is 6.84. The molecule has 0 aromatic heterocycles. The Morgan fingerprint density at radius 2 is 2.17 bits per heavy atom. The van der Waals surface area contributed by atoms with Crippen molar-refractivity contribution in [2.45, 2.75) is 57.8 Å². The first-order valence-electron chi connectivity index (χ1n) is 7.71. The first-order chi connectivity index (χ1) is 10.5. The summed E-state index contributed by atoms with van der Waals surface area (Å²) in [5, 5.41) is 10.3. The van der Waals surface area contributed by atoms with Gasteiger partial charge in [0.05, 0.1) is 22.8 Å². The van der Waals surface area contributed by atoms with Crippen molar-refractivity contribution in [1.82, 2.24) is 0 Å². The zero-order valence-electron chi connectivity index (χ0n) is 13.9. The highest BCUT2D eigenvalue weighted by atomic mass is 79.9. The molecule has 1 saturated heterocycles. The summed E-state index contributed by atoms with van der Waals surface area (Å²) in [6, 6.07) is 0. The average molecular weight is 387 g/mol. The number of halogens is 1. The minimum Gasteiger partial charge on any atom is -0.466 e.